The quantitative estimate of drug-likeness (QED) is 0.638. The molecule has 7 heteroatoms. The molecule has 0 saturated carbocycles. The smallest absolute Gasteiger partial charge is 0.336 e. The van der Waals surface area contributed by atoms with Crippen LogP contribution in [0, 0.1) is 0 Å². The average molecular weight is 421 g/mol. The summed E-state index contributed by atoms with van der Waals surface area (Å²) in [5.41, 5.74) is 1.90. The molecule has 0 bridgehead atoms. The fourth-order valence-corrected chi connectivity index (χ4v) is 3.63. The molecular formula is C23H17ClN2O4. The van der Waals surface area contributed by atoms with Crippen LogP contribution < -0.4 is 0 Å². The minimum Gasteiger partial charge on any atom is -0.508 e. The van der Waals surface area contributed by atoms with Crippen LogP contribution in [0.15, 0.2) is 77.9 Å². The minimum atomic E-state index is -1.20. The fourth-order valence-electron chi connectivity index (χ4n) is 3.51. The Bertz CT molecular complexity index is 1160. The number of carboxylic acids is 1. The van der Waals surface area contributed by atoms with Crippen molar-refractivity contribution in [1.82, 2.24) is 5.01 Å². The Hall–Kier alpha value is -3.64. The monoisotopic (exact) mass is 420 g/mol. The van der Waals surface area contributed by atoms with Gasteiger partial charge in [0.15, 0.2) is 0 Å². The molecule has 3 aromatic carbocycles. The molecule has 1 unspecified atom stereocenters. The van der Waals surface area contributed by atoms with Crippen LogP contribution in [0.25, 0.3) is 0 Å². The Morgan fingerprint density at radius 2 is 1.57 bits per heavy atom. The van der Waals surface area contributed by atoms with Gasteiger partial charge in [-0.05, 0) is 35.9 Å². The first-order valence-corrected chi connectivity index (χ1v) is 9.60. The predicted octanol–water partition coefficient (Wildman–Crippen LogP) is 4.74. The molecule has 1 aliphatic heterocycles. The van der Waals surface area contributed by atoms with Gasteiger partial charge >= 0.3 is 5.97 Å². The Morgan fingerprint density at radius 3 is 2.23 bits per heavy atom. The molecule has 1 aliphatic rings. The number of hydrazone groups is 1. The van der Waals surface area contributed by atoms with E-state index in [-0.39, 0.29) is 16.9 Å². The van der Waals surface area contributed by atoms with E-state index in [1.807, 2.05) is 12.1 Å². The minimum absolute atomic E-state index is 0.0338. The molecule has 2 N–H and O–H groups in total. The number of rotatable bonds is 4. The van der Waals surface area contributed by atoms with Gasteiger partial charge in [0, 0.05) is 17.0 Å². The number of carboxylic acid groups (broad SMARTS) is 1. The van der Waals surface area contributed by atoms with E-state index >= 15 is 0 Å². The molecule has 0 fully saturated rings. The van der Waals surface area contributed by atoms with Crippen LogP contribution in [0.5, 0.6) is 5.75 Å². The molecule has 1 atom stereocenters. The van der Waals surface area contributed by atoms with Crippen molar-refractivity contribution in [1.29, 1.82) is 0 Å². The van der Waals surface area contributed by atoms with E-state index in [2.05, 4.69) is 5.10 Å². The van der Waals surface area contributed by atoms with Gasteiger partial charge in [0.1, 0.15) is 5.75 Å². The number of carbonyl (C=O) groups excluding carboxylic acids is 1. The molecule has 0 aliphatic carbocycles. The van der Waals surface area contributed by atoms with Crippen LogP contribution in [0.3, 0.4) is 0 Å². The van der Waals surface area contributed by atoms with Crippen LogP contribution in [0.4, 0.5) is 0 Å². The largest absolute Gasteiger partial charge is 0.508 e. The highest BCUT2D eigenvalue weighted by Crippen LogP contribution is 2.38. The van der Waals surface area contributed by atoms with Crippen molar-refractivity contribution in [2.75, 3.05) is 0 Å². The first-order chi connectivity index (χ1) is 14.5. The summed E-state index contributed by atoms with van der Waals surface area (Å²) in [4.78, 5) is 25.0. The lowest BCUT2D eigenvalue weighted by Gasteiger charge is -2.23. The van der Waals surface area contributed by atoms with Crippen LogP contribution in [0.1, 0.15) is 44.3 Å². The molecule has 1 heterocycles. The zero-order valence-corrected chi connectivity index (χ0v) is 16.5. The SMILES string of the molecule is O=C(O)c1ccccc1C(=O)N1N=C(c2ccc(Cl)cc2)CC1c1ccccc1O. The Morgan fingerprint density at radius 1 is 0.933 bits per heavy atom. The van der Waals surface area contributed by atoms with Gasteiger partial charge in [-0.15, -0.1) is 0 Å². The third kappa shape index (κ3) is 3.65. The normalized spacial score (nSPS) is 15.7. The molecule has 30 heavy (non-hydrogen) atoms. The van der Waals surface area contributed by atoms with Crippen molar-refractivity contribution >= 4 is 29.2 Å². The van der Waals surface area contributed by atoms with Gasteiger partial charge < -0.3 is 10.2 Å². The highest BCUT2D eigenvalue weighted by Gasteiger charge is 2.36. The lowest BCUT2D eigenvalue weighted by Crippen LogP contribution is -2.28. The molecule has 0 radical (unpaired) electrons. The van der Waals surface area contributed by atoms with E-state index in [1.54, 1.807) is 48.5 Å². The molecule has 0 saturated heterocycles. The summed E-state index contributed by atoms with van der Waals surface area (Å²) >= 11 is 5.98. The number of nitrogens with zero attached hydrogens (tertiary/aromatic N) is 2. The first kappa shape index (κ1) is 19.7. The van der Waals surface area contributed by atoms with Gasteiger partial charge in [-0.3, -0.25) is 4.79 Å². The average Bonchev–Trinajstić information content (AvgIpc) is 3.19. The molecule has 6 nitrogen and oxygen atoms in total. The lowest BCUT2D eigenvalue weighted by molar-refractivity contribution is 0.0660. The second-order valence-corrected chi connectivity index (χ2v) is 7.27. The molecule has 4 rings (SSSR count). The van der Waals surface area contributed by atoms with E-state index in [4.69, 9.17) is 11.6 Å². The Labute approximate surface area is 177 Å². The van der Waals surface area contributed by atoms with Crippen LogP contribution in [-0.2, 0) is 0 Å². The van der Waals surface area contributed by atoms with Crippen molar-refractivity contribution in [2.24, 2.45) is 5.10 Å². The van der Waals surface area contributed by atoms with Crippen LogP contribution in [-0.4, -0.2) is 32.8 Å². The predicted molar refractivity (Wildman–Crippen MR) is 113 cm³/mol. The zero-order valence-electron chi connectivity index (χ0n) is 15.7. The molecule has 1 amide bonds. The molecule has 0 aromatic heterocycles. The number of para-hydroxylation sites is 1. The van der Waals surface area contributed by atoms with E-state index in [9.17, 15) is 19.8 Å². The second kappa shape index (κ2) is 8.00. The number of phenolic OH excluding ortho intramolecular Hbond substituents is 1. The first-order valence-electron chi connectivity index (χ1n) is 9.23. The van der Waals surface area contributed by atoms with Crippen molar-refractivity contribution < 1.29 is 19.8 Å². The highest BCUT2D eigenvalue weighted by atomic mass is 35.5. The van der Waals surface area contributed by atoms with Gasteiger partial charge in [0.25, 0.3) is 5.91 Å². The van der Waals surface area contributed by atoms with E-state index in [0.29, 0.717) is 22.7 Å². The Balaban J connectivity index is 1.80. The summed E-state index contributed by atoms with van der Waals surface area (Å²) in [7, 11) is 0. The third-order valence-electron chi connectivity index (χ3n) is 4.98. The lowest BCUT2D eigenvalue weighted by atomic mass is 9.97. The molecule has 150 valence electrons. The van der Waals surface area contributed by atoms with Gasteiger partial charge in [-0.1, -0.05) is 54.1 Å². The van der Waals surface area contributed by atoms with Crippen molar-refractivity contribution in [3.63, 3.8) is 0 Å². The molecule has 0 spiro atoms. The summed E-state index contributed by atoms with van der Waals surface area (Å²) in [5.74, 6) is -1.70. The van der Waals surface area contributed by atoms with Gasteiger partial charge in [-0.25, -0.2) is 9.80 Å². The number of aromatic carboxylic acids is 1. The summed E-state index contributed by atoms with van der Waals surface area (Å²) in [6, 6.07) is 19.3. The highest BCUT2D eigenvalue weighted by molar-refractivity contribution is 6.30. The second-order valence-electron chi connectivity index (χ2n) is 6.83. The number of amides is 1. The maximum Gasteiger partial charge on any atom is 0.336 e. The number of halogens is 1. The zero-order chi connectivity index (χ0) is 21.3. The Kier molecular flexibility index (Phi) is 5.25. The van der Waals surface area contributed by atoms with Gasteiger partial charge in [0.05, 0.1) is 22.9 Å². The van der Waals surface area contributed by atoms with Crippen molar-refractivity contribution in [3.05, 3.63) is 100 Å². The van der Waals surface area contributed by atoms with E-state index < -0.39 is 17.9 Å². The number of hydrogen-bond donors (Lipinski definition) is 2. The summed E-state index contributed by atoms with van der Waals surface area (Å²) in [6.45, 7) is 0. The number of phenols is 1. The fraction of sp³-hybridized carbons (Fsp3) is 0.0870. The third-order valence-corrected chi connectivity index (χ3v) is 5.23. The van der Waals surface area contributed by atoms with Gasteiger partial charge in [-0.2, -0.15) is 5.10 Å². The standard InChI is InChI=1S/C23H17ClN2O4/c24-15-11-9-14(10-12-15)19-13-20(18-7-3-4-8-21(18)27)26(25-19)22(28)16-5-1-2-6-17(16)23(29)30/h1-12,20,27H,13H2,(H,29,30). The van der Waals surface area contributed by atoms with Crippen LogP contribution >= 0.6 is 11.6 Å². The van der Waals surface area contributed by atoms with Crippen molar-refractivity contribution in [3.8, 4) is 5.75 Å². The van der Waals surface area contributed by atoms with E-state index in [1.165, 1.54) is 17.1 Å². The van der Waals surface area contributed by atoms with E-state index in [0.717, 1.165) is 5.56 Å². The summed E-state index contributed by atoms with van der Waals surface area (Å²) < 4.78 is 0. The van der Waals surface area contributed by atoms with Crippen molar-refractivity contribution in [2.45, 2.75) is 12.5 Å². The number of benzene rings is 3. The number of aromatic hydroxyl groups is 1. The van der Waals surface area contributed by atoms with Gasteiger partial charge in [0.2, 0.25) is 0 Å². The van der Waals surface area contributed by atoms with Crippen LogP contribution in [0.2, 0.25) is 5.02 Å². The molecular weight excluding hydrogens is 404 g/mol. The number of hydrogen-bond acceptors (Lipinski definition) is 4. The summed E-state index contributed by atoms with van der Waals surface area (Å²) in [5, 5.41) is 26.2. The maximum absolute atomic E-state index is 13.4. The molecule has 3 aromatic rings. The number of carbonyl (C=O) groups is 2. The topological polar surface area (TPSA) is 90.2 Å². The summed E-state index contributed by atoms with van der Waals surface area (Å²) in [6.07, 6.45) is 0.361. The maximum atomic E-state index is 13.4.